The van der Waals surface area contributed by atoms with Crippen molar-refractivity contribution >= 4 is 23.5 Å². The molecule has 2 aromatic heterocycles. The maximum atomic E-state index is 10.8. The van der Waals surface area contributed by atoms with Gasteiger partial charge in [0.15, 0.2) is 0 Å². The molecule has 0 spiro atoms. The highest BCUT2D eigenvalue weighted by molar-refractivity contribution is 7.17. The van der Waals surface area contributed by atoms with E-state index < -0.39 is 12.6 Å². The van der Waals surface area contributed by atoms with E-state index in [2.05, 4.69) is 69.1 Å². The second-order valence-corrected chi connectivity index (χ2v) is 13.5. The molecular weight excluding hydrogens is 639 g/mol. The second kappa shape index (κ2) is 14.3. The van der Waals surface area contributed by atoms with Gasteiger partial charge in [-0.2, -0.15) is 5.10 Å². The fraction of sp³-hybridized carbons (Fsp3) is 0.289. The second-order valence-electron chi connectivity index (χ2n) is 12.4. The molecule has 1 saturated heterocycles. The molecule has 1 fully saturated rings. The van der Waals surface area contributed by atoms with Crippen LogP contribution in [0.25, 0.3) is 21.8 Å². The molecule has 252 valence electrons. The van der Waals surface area contributed by atoms with Gasteiger partial charge in [0.05, 0.1) is 31.0 Å². The predicted octanol–water partition coefficient (Wildman–Crippen LogP) is 6.02. The van der Waals surface area contributed by atoms with E-state index in [0.717, 1.165) is 82.9 Å². The number of hydrogen-bond donors (Lipinski definition) is 1. The Bertz CT molecular complexity index is 1910. The van der Waals surface area contributed by atoms with Crippen LogP contribution in [0.1, 0.15) is 38.7 Å². The molecule has 0 radical (unpaired) electrons. The molecule has 7 rings (SSSR count). The van der Waals surface area contributed by atoms with Gasteiger partial charge in [0, 0.05) is 55.1 Å². The van der Waals surface area contributed by atoms with Crippen LogP contribution >= 0.6 is 11.3 Å². The number of carboxylic acid groups (broad SMARTS) is 1. The van der Waals surface area contributed by atoms with E-state index in [0.29, 0.717) is 0 Å². The quantitative estimate of drug-likeness (QED) is 0.124. The molecule has 1 N–H and O–H groups in total. The van der Waals surface area contributed by atoms with Crippen molar-refractivity contribution in [2.45, 2.75) is 19.0 Å². The van der Waals surface area contributed by atoms with Gasteiger partial charge in [0.25, 0.3) is 0 Å². The van der Waals surface area contributed by atoms with Gasteiger partial charge in [-0.25, -0.2) is 4.79 Å². The van der Waals surface area contributed by atoms with Crippen molar-refractivity contribution in [1.29, 1.82) is 0 Å². The van der Waals surface area contributed by atoms with Crippen molar-refractivity contribution in [1.82, 2.24) is 19.6 Å². The van der Waals surface area contributed by atoms with E-state index in [-0.39, 0.29) is 6.04 Å². The minimum absolute atomic E-state index is 0.222. The molecule has 2 aliphatic rings. The summed E-state index contributed by atoms with van der Waals surface area (Å²) in [7, 11) is 5.54. The maximum absolute atomic E-state index is 10.8. The number of rotatable bonds is 12. The van der Waals surface area contributed by atoms with Crippen LogP contribution in [0.15, 0.2) is 84.0 Å². The van der Waals surface area contributed by atoms with Crippen LogP contribution in [-0.2, 0) is 22.6 Å². The Morgan fingerprint density at radius 2 is 1.61 bits per heavy atom. The maximum Gasteiger partial charge on any atom is 0.344 e. The molecule has 0 amide bonds. The van der Waals surface area contributed by atoms with Crippen molar-refractivity contribution in [3.63, 3.8) is 0 Å². The molecule has 3 heterocycles. The number of benzene rings is 3. The number of piperazine rings is 1. The Labute approximate surface area is 289 Å². The van der Waals surface area contributed by atoms with Crippen LogP contribution in [0.5, 0.6) is 11.5 Å². The number of oxime groups is 1. The predicted molar refractivity (Wildman–Crippen MR) is 191 cm³/mol. The van der Waals surface area contributed by atoms with Gasteiger partial charge < -0.3 is 24.3 Å². The molecule has 0 unspecified atom stereocenters. The van der Waals surface area contributed by atoms with Gasteiger partial charge >= 0.3 is 5.97 Å². The van der Waals surface area contributed by atoms with Crippen LogP contribution in [0.2, 0.25) is 0 Å². The molecule has 1 aliphatic carbocycles. The average molecular weight is 678 g/mol. The van der Waals surface area contributed by atoms with Crippen LogP contribution in [0.4, 0.5) is 0 Å². The lowest BCUT2D eigenvalue weighted by atomic mass is 9.97. The molecule has 0 bridgehead atoms. The van der Waals surface area contributed by atoms with Gasteiger partial charge in [0.2, 0.25) is 6.61 Å². The Morgan fingerprint density at radius 1 is 0.939 bits per heavy atom. The van der Waals surface area contributed by atoms with E-state index in [9.17, 15) is 4.79 Å². The number of methoxy groups -OCH3 is 2. The summed E-state index contributed by atoms with van der Waals surface area (Å²) in [5.74, 6) is 0.517. The SMILES string of the molecule is COc1ccc(C(c2ccc(OC)cc2)n2nc(-c3ccc(/C=N/OCC(=O)O)s3)c3c2-c2ccc(CN4CCN(C)CC4)cc2C3)cc1. The van der Waals surface area contributed by atoms with Gasteiger partial charge in [-0.15, -0.1) is 11.3 Å². The van der Waals surface area contributed by atoms with Gasteiger partial charge in [0.1, 0.15) is 23.2 Å². The summed E-state index contributed by atoms with van der Waals surface area (Å²) >= 11 is 1.55. The van der Waals surface area contributed by atoms with E-state index in [1.165, 1.54) is 22.3 Å². The zero-order valence-electron chi connectivity index (χ0n) is 27.8. The number of aliphatic carboxylic acids is 1. The highest BCUT2D eigenvalue weighted by Gasteiger charge is 2.33. The number of thiophene rings is 1. The number of hydrogen-bond acceptors (Lipinski definition) is 9. The minimum Gasteiger partial charge on any atom is -0.497 e. The lowest BCUT2D eigenvalue weighted by Gasteiger charge is -2.32. The molecular formula is C38H39N5O5S. The van der Waals surface area contributed by atoms with Crippen molar-refractivity contribution in [3.05, 3.63) is 112 Å². The van der Waals surface area contributed by atoms with Crippen LogP contribution in [-0.4, -0.2) is 90.9 Å². The molecule has 11 heteroatoms. The summed E-state index contributed by atoms with van der Waals surface area (Å²) in [4.78, 5) is 22.5. The van der Waals surface area contributed by atoms with E-state index in [4.69, 9.17) is 24.5 Å². The third-order valence-corrected chi connectivity index (χ3v) is 10.2. The van der Waals surface area contributed by atoms with Crippen molar-refractivity contribution in [3.8, 4) is 33.3 Å². The van der Waals surface area contributed by atoms with E-state index in [1.807, 2.05) is 36.4 Å². The third-order valence-electron chi connectivity index (χ3n) is 9.21. The Kier molecular flexibility index (Phi) is 9.47. The number of carboxylic acids is 1. The first-order valence-electron chi connectivity index (χ1n) is 16.3. The summed E-state index contributed by atoms with van der Waals surface area (Å²) in [6, 6.07) is 27.1. The highest BCUT2D eigenvalue weighted by Crippen LogP contribution is 2.46. The van der Waals surface area contributed by atoms with E-state index in [1.54, 1.807) is 31.8 Å². The lowest BCUT2D eigenvalue weighted by Crippen LogP contribution is -2.43. The number of aromatic nitrogens is 2. The van der Waals surface area contributed by atoms with Gasteiger partial charge in [-0.05, 0) is 65.7 Å². The number of carbonyl (C=O) groups is 1. The summed E-state index contributed by atoms with van der Waals surface area (Å²) in [6.45, 7) is 4.78. The Morgan fingerprint density at radius 3 is 2.24 bits per heavy atom. The van der Waals surface area contributed by atoms with Gasteiger partial charge in [-0.3, -0.25) is 9.58 Å². The van der Waals surface area contributed by atoms with Gasteiger partial charge in [-0.1, -0.05) is 47.6 Å². The molecule has 49 heavy (non-hydrogen) atoms. The fourth-order valence-electron chi connectivity index (χ4n) is 6.66. The van der Waals surface area contributed by atoms with Crippen molar-refractivity contribution < 1.29 is 24.2 Å². The van der Waals surface area contributed by atoms with Crippen molar-refractivity contribution in [2.24, 2.45) is 5.16 Å². The summed E-state index contributed by atoms with van der Waals surface area (Å²) in [5.41, 5.74) is 9.21. The number of ether oxygens (including phenoxy) is 2. The third kappa shape index (κ3) is 6.96. The molecule has 0 atom stereocenters. The Hall–Kier alpha value is -4.97. The highest BCUT2D eigenvalue weighted by atomic mass is 32.1. The van der Waals surface area contributed by atoms with Crippen LogP contribution < -0.4 is 9.47 Å². The summed E-state index contributed by atoms with van der Waals surface area (Å²) < 4.78 is 13.2. The molecule has 3 aromatic carbocycles. The molecule has 0 saturated carbocycles. The number of likely N-dealkylation sites (N-methyl/N-ethyl adjacent to an activating group) is 1. The van der Waals surface area contributed by atoms with E-state index >= 15 is 0 Å². The zero-order valence-corrected chi connectivity index (χ0v) is 28.7. The number of nitrogens with zero attached hydrogens (tertiary/aromatic N) is 5. The van der Waals surface area contributed by atoms with Crippen LogP contribution in [0.3, 0.4) is 0 Å². The molecule has 1 aliphatic heterocycles. The smallest absolute Gasteiger partial charge is 0.344 e. The fourth-order valence-corrected chi connectivity index (χ4v) is 7.55. The first-order valence-corrected chi connectivity index (χ1v) is 17.1. The Balaban J connectivity index is 1.32. The summed E-state index contributed by atoms with van der Waals surface area (Å²) in [6.07, 6.45) is 2.32. The monoisotopic (exact) mass is 677 g/mol. The molecule has 5 aromatic rings. The van der Waals surface area contributed by atoms with Crippen molar-refractivity contribution in [2.75, 3.05) is 54.1 Å². The van der Waals surface area contributed by atoms with Crippen LogP contribution in [0, 0.1) is 0 Å². The summed E-state index contributed by atoms with van der Waals surface area (Å²) in [5, 5.41) is 18.1. The standard InChI is InChI=1S/C38H39N5O5S/c1-41-16-18-42(19-17-41)23-25-4-14-32-28(20-25)21-33-36(34-15-13-31(49-34)22-39-48-24-35(44)45)40-43(38(32)33)37(26-5-9-29(46-2)10-6-26)27-7-11-30(47-3)12-8-27/h4-15,20,22,37H,16-19,21,23-24H2,1-3H3,(H,44,45)/b39-22+. The minimum atomic E-state index is -1.07. The lowest BCUT2D eigenvalue weighted by molar-refractivity contribution is -0.142. The largest absolute Gasteiger partial charge is 0.497 e. The normalized spacial score (nSPS) is 14.7. The number of fused-ring (bicyclic) bond motifs is 3. The zero-order chi connectivity index (χ0) is 33.9. The topological polar surface area (TPSA) is 102 Å². The first kappa shape index (κ1) is 32.6. The first-order chi connectivity index (χ1) is 23.9. The average Bonchev–Trinajstić information content (AvgIpc) is 3.83. The molecule has 10 nitrogen and oxygen atoms in total.